The highest BCUT2D eigenvalue weighted by atomic mass is 19.1. The second kappa shape index (κ2) is 8.78. The summed E-state index contributed by atoms with van der Waals surface area (Å²) in [6.45, 7) is 8.52. The SMILES string of the molecule is COc1c(N2C[C@@H]3CCCN(C(=O)OC(C)(C)C)[C@@H]3C2)c(F)cc2c(=O)c(C(C)=O)cn(C3CC3)c12. The van der Waals surface area contributed by atoms with E-state index in [-0.39, 0.29) is 40.8 Å². The zero-order chi connectivity index (χ0) is 25.9. The number of nitrogens with zero attached hydrogens (tertiary/aromatic N) is 3. The van der Waals surface area contributed by atoms with E-state index in [9.17, 15) is 14.4 Å². The monoisotopic (exact) mass is 499 g/mol. The molecule has 9 heteroatoms. The molecule has 36 heavy (non-hydrogen) atoms. The summed E-state index contributed by atoms with van der Waals surface area (Å²) in [4.78, 5) is 41.9. The molecule has 3 heterocycles. The smallest absolute Gasteiger partial charge is 0.410 e. The lowest BCUT2D eigenvalue weighted by molar-refractivity contribution is 0.00669. The maximum atomic E-state index is 15.8. The Morgan fingerprint density at radius 3 is 2.47 bits per heavy atom. The number of methoxy groups -OCH3 is 1. The molecule has 1 saturated carbocycles. The van der Waals surface area contributed by atoms with Crippen molar-refractivity contribution in [3.63, 3.8) is 0 Å². The second-order valence-corrected chi connectivity index (χ2v) is 11.3. The first-order chi connectivity index (χ1) is 17.0. The van der Waals surface area contributed by atoms with Crippen LogP contribution < -0.4 is 15.1 Å². The van der Waals surface area contributed by atoms with Crippen LogP contribution in [0.3, 0.4) is 0 Å². The molecule has 2 atom stereocenters. The van der Waals surface area contributed by atoms with E-state index < -0.39 is 16.8 Å². The van der Waals surface area contributed by atoms with Gasteiger partial charge in [-0.15, -0.1) is 0 Å². The second-order valence-electron chi connectivity index (χ2n) is 11.3. The number of anilines is 1. The lowest BCUT2D eigenvalue weighted by Gasteiger charge is -2.37. The molecule has 1 aliphatic carbocycles. The Bertz CT molecular complexity index is 1290. The van der Waals surface area contributed by atoms with Crippen molar-refractivity contribution in [1.82, 2.24) is 9.47 Å². The van der Waals surface area contributed by atoms with Gasteiger partial charge in [0.15, 0.2) is 22.8 Å². The zero-order valence-corrected chi connectivity index (χ0v) is 21.6. The molecule has 1 aromatic carbocycles. The van der Waals surface area contributed by atoms with Crippen molar-refractivity contribution in [1.29, 1.82) is 0 Å². The van der Waals surface area contributed by atoms with E-state index in [1.807, 2.05) is 30.2 Å². The fourth-order valence-corrected chi connectivity index (χ4v) is 5.73. The molecule has 8 nitrogen and oxygen atoms in total. The number of pyridine rings is 1. The van der Waals surface area contributed by atoms with Gasteiger partial charge in [0.2, 0.25) is 0 Å². The number of halogens is 1. The van der Waals surface area contributed by atoms with Gasteiger partial charge in [0.05, 0.1) is 29.6 Å². The summed E-state index contributed by atoms with van der Waals surface area (Å²) < 4.78 is 29.1. The van der Waals surface area contributed by atoms with Crippen LogP contribution in [0.2, 0.25) is 0 Å². The van der Waals surface area contributed by atoms with E-state index in [1.54, 1.807) is 11.1 Å². The number of rotatable bonds is 4. The summed E-state index contributed by atoms with van der Waals surface area (Å²) in [5.41, 5.74) is -0.201. The minimum atomic E-state index is -0.596. The number of carbonyl (C=O) groups is 2. The lowest BCUT2D eigenvalue weighted by atomic mass is 9.92. The van der Waals surface area contributed by atoms with Gasteiger partial charge in [-0.3, -0.25) is 9.59 Å². The number of benzene rings is 1. The van der Waals surface area contributed by atoms with Crippen LogP contribution in [0.25, 0.3) is 10.9 Å². The number of ketones is 1. The number of piperidine rings is 1. The molecule has 0 bridgehead atoms. The number of carbonyl (C=O) groups excluding carboxylic acids is 2. The largest absolute Gasteiger partial charge is 0.492 e. The van der Waals surface area contributed by atoms with Gasteiger partial charge in [0.25, 0.3) is 0 Å². The Balaban J connectivity index is 1.58. The molecule has 2 saturated heterocycles. The van der Waals surface area contributed by atoms with Crippen molar-refractivity contribution < 1.29 is 23.5 Å². The maximum Gasteiger partial charge on any atom is 0.410 e. The van der Waals surface area contributed by atoms with Crippen LogP contribution in [0.15, 0.2) is 17.1 Å². The molecular formula is C27H34FN3O5. The summed E-state index contributed by atoms with van der Waals surface area (Å²) in [5.74, 6) is -0.434. The number of fused-ring (bicyclic) bond motifs is 2. The number of hydrogen-bond acceptors (Lipinski definition) is 6. The Kier molecular flexibility index (Phi) is 6.00. The van der Waals surface area contributed by atoms with Gasteiger partial charge in [-0.25, -0.2) is 9.18 Å². The molecule has 5 rings (SSSR count). The standard InChI is InChI=1S/C27H34FN3O5/c1-15(32)19-13-31(17-8-9-17)22-18(24(19)33)11-20(28)23(25(22)35-5)29-12-16-7-6-10-30(21(16)14-29)26(34)36-27(2,3)4/h11,13,16-17,21H,6-10,12,14H2,1-5H3/t16-,21+/m0/s1. The molecule has 0 N–H and O–H groups in total. The van der Waals surface area contributed by atoms with Gasteiger partial charge in [-0.1, -0.05) is 0 Å². The fourth-order valence-electron chi connectivity index (χ4n) is 5.73. The average molecular weight is 500 g/mol. The number of ether oxygens (including phenoxy) is 2. The number of likely N-dealkylation sites (tertiary alicyclic amines) is 1. The summed E-state index contributed by atoms with van der Waals surface area (Å²) in [7, 11) is 1.48. The van der Waals surface area contributed by atoms with Crippen molar-refractivity contribution in [2.24, 2.45) is 5.92 Å². The molecule has 0 radical (unpaired) electrons. The molecule has 0 unspecified atom stereocenters. The van der Waals surface area contributed by atoms with Crippen molar-refractivity contribution in [2.75, 3.05) is 31.6 Å². The number of amides is 1. The minimum Gasteiger partial charge on any atom is -0.492 e. The predicted octanol–water partition coefficient (Wildman–Crippen LogP) is 4.52. The van der Waals surface area contributed by atoms with Crippen LogP contribution in [0.4, 0.5) is 14.9 Å². The van der Waals surface area contributed by atoms with Crippen LogP contribution in [-0.2, 0) is 4.74 Å². The number of hydrogen-bond donors (Lipinski definition) is 0. The molecule has 194 valence electrons. The highest BCUT2D eigenvalue weighted by Crippen LogP contribution is 2.45. The third-order valence-corrected chi connectivity index (χ3v) is 7.45. The van der Waals surface area contributed by atoms with Gasteiger partial charge < -0.3 is 23.8 Å². The first-order valence-electron chi connectivity index (χ1n) is 12.7. The van der Waals surface area contributed by atoms with Gasteiger partial charge in [0, 0.05) is 31.9 Å². The van der Waals surface area contributed by atoms with Gasteiger partial charge in [0.1, 0.15) is 11.3 Å². The lowest BCUT2D eigenvalue weighted by Crippen LogP contribution is -2.50. The first-order valence-corrected chi connectivity index (χ1v) is 12.7. The van der Waals surface area contributed by atoms with E-state index in [0.29, 0.717) is 36.6 Å². The van der Waals surface area contributed by atoms with Crippen LogP contribution in [0.5, 0.6) is 5.75 Å². The third kappa shape index (κ3) is 4.22. The van der Waals surface area contributed by atoms with Crippen molar-refractivity contribution in [3.8, 4) is 5.75 Å². The Hall–Kier alpha value is -3.10. The summed E-state index contributed by atoms with van der Waals surface area (Å²) in [5, 5.41) is 0.152. The molecule has 3 aliphatic rings. The number of aromatic nitrogens is 1. The normalized spacial score (nSPS) is 22.1. The topological polar surface area (TPSA) is 81.1 Å². The maximum absolute atomic E-state index is 15.8. The Morgan fingerprint density at radius 1 is 1.14 bits per heavy atom. The highest BCUT2D eigenvalue weighted by Gasteiger charge is 2.44. The molecule has 3 fully saturated rings. The zero-order valence-electron chi connectivity index (χ0n) is 21.6. The van der Waals surface area contributed by atoms with Crippen molar-refractivity contribution in [3.05, 3.63) is 33.9 Å². The van der Waals surface area contributed by atoms with Crippen molar-refractivity contribution >= 4 is 28.5 Å². The van der Waals surface area contributed by atoms with E-state index in [0.717, 1.165) is 25.7 Å². The van der Waals surface area contributed by atoms with E-state index in [2.05, 4.69) is 0 Å². The molecule has 2 aromatic rings. The molecule has 0 spiro atoms. The van der Waals surface area contributed by atoms with Gasteiger partial charge in [-0.2, -0.15) is 0 Å². The summed E-state index contributed by atoms with van der Waals surface area (Å²) in [6, 6.07) is 1.29. The molecule has 1 amide bonds. The highest BCUT2D eigenvalue weighted by molar-refractivity contribution is 5.99. The van der Waals surface area contributed by atoms with E-state index in [4.69, 9.17) is 9.47 Å². The summed E-state index contributed by atoms with van der Waals surface area (Å²) >= 11 is 0. The fraction of sp³-hybridized carbons (Fsp3) is 0.593. The molecular weight excluding hydrogens is 465 g/mol. The van der Waals surface area contributed by atoms with Crippen LogP contribution in [-0.4, -0.2) is 59.7 Å². The Labute approximate surface area is 209 Å². The van der Waals surface area contributed by atoms with E-state index in [1.165, 1.54) is 20.1 Å². The first kappa shape index (κ1) is 24.6. The van der Waals surface area contributed by atoms with Gasteiger partial charge >= 0.3 is 6.09 Å². The van der Waals surface area contributed by atoms with Crippen LogP contribution >= 0.6 is 0 Å². The van der Waals surface area contributed by atoms with Crippen LogP contribution in [0.1, 0.15) is 69.8 Å². The quantitative estimate of drug-likeness (QED) is 0.576. The predicted molar refractivity (Wildman–Crippen MR) is 135 cm³/mol. The Morgan fingerprint density at radius 2 is 1.86 bits per heavy atom. The van der Waals surface area contributed by atoms with E-state index >= 15 is 4.39 Å². The average Bonchev–Trinajstić information content (AvgIpc) is 3.55. The molecule has 2 aliphatic heterocycles. The third-order valence-electron chi connectivity index (χ3n) is 7.45. The summed E-state index contributed by atoms with van der Waals surface area (Å²) in [6.07, 6.45) is 4.90. The van der Waals surface area contributed by atoms with Gasteiger partial charge in [-0.05, 0) is 65.4 Å². The minimum absolute atomic E-state index is 0.0591. The molecule has 1 aromatic heterocycles. The van der Waals surface area contributed by atoms with Crippen molar-refractivity contribution in [2.45, 2.75) is 71.1 Å². The van der Waals surface area contributed by atoms with Crippen LogP contribution in [0, 0.1) is 11.7 Å². The number of Topliss-reactive ketones (excluding diaryl/α,β-unsaturated/α-hetero) is 1.